The molecule has 19 heavy (non-hydrogen) atoms. The van der Waals surface area contributed by atoms with E-state index in [4.69, 9.17) is 4.84 Å². The highest BCUT2D eigenvalue weighted by atomic mass is 19.1. The minimum absolute atomic E-state index is 0.278. The largest absolute Gasteiger partial charge is 0.383 e. The highest BCUT2D eigenvalue weighted by Gasteiger charge is 2.07. The van der Waals surface area contributed by atoms with E-state index in [1.54, 1.807) is 24.4 Å². The molecule has 2 rings (SSSR count). The van der Waals surface area contributed by atoms with Crippen molar-refractivity contribution in [3.63, 3.8) is 0 Å². The molecule has 0 radical (unpaired) electrons. The molecule has 96 valence electrons. The maximum absolute atomic E-state index is 12.8. The van der Waals surface area contributed by atoms with Crippen LogP contribution in [0.2, 0.25) is 0 Å². The summed E-state index contributed by atoms with van der Waals surface area (Å²) in [7, 11) is 0. The van der Waals surface area contributed by atoms with Crippen molar-refractivity contribution in [3.8, 4) is 0 Å². The van der Waals surface area contributed by atoms with Gasteiger partial charge in [0.15, 0.2) is 6.10 Å². The van der Waals surface area contributed by atoms with Crippen LogP contribution in [0.1, 0.15) is 17.2 Å². The number of hydrogen-bond donors (Lipinski definition) is 0. The van der Waals surface area contributed by atoms with Crippen molar-refractivity contribution in [2.24, 2.45) is 5.16 Å². The van der Waals surface area contributed by atoms with Gasteiger partial charge in [-0.05, 0) is 29.3 Å². The van der Waals surface area contributed by atoms with Crippen LogP contribution in [0.5, 0.6) is 0 Å². The second-order valence-electron chi connectivity index (χ2n) is 3.96. The third-order valence-electron chi connectivity index (χ3n) is 2.59. The van der Waals surface area contributed by atoms with Gasteiger partial charge in [-0.2, -0.15) is 0 Å². The fourth-order valence-corrected chi connectivity index (χ4v) is 1.59. The molecule has 0 unspecified atom stereocenters. The van der Waals surface area contributed by atoms with Gasteiger partial charge in [-0.15, -0.1) is 0 Å². The maximum atomic E-state index is 12.8. The number of benzene rings is 2. The molecule has 2 aromatic carbocycles. The minimum atomic E-state index is -0.388. The number of oxime groups is 1. The Bertz CT molecular complexity index is 549. The Hall–Kier alpha value is -2.42. The van der Waals surface area contributed by atoms with Gasteiger partial charge in [0.25, 0.3) is 0 Å². The fourth-order valence-electron chi connectivity index (χ4n) is 1.59. The lowest BCUT2D eigenvalue weighted by Gasteiger charge is -2.10. The van der Waals surface area contributed by atoms with Gasteiger partial charge < -0.3 is 4.84 Å². The summed E-state index contributed by atoms with van der Waals surface area (Å²) in [6, 6.07) is 15.7. The van der Waals surface area contributed by atoms with Gasteiger partial charge in [0.1, 0.15) is 5.82 Å². The lowest BCUT2D eigenvalue weighted by atomic mass is 10.1. The molecule has 0 aliphatic heterocycles. The molecule has 2 aromatic rings. The van der Waals surface area contributed by atoms with E-state index in [2.05, 4.69) is 11.7 Å². The lowest BCUT2D eigenvalue weighted by Crippen LogP contribution is -1.97. The summed E-state index contributed by atoms with van der Waals surface area (Å²) in [5, 5.41) is 3.92. The third kappa shape index (κ3) is 3.78. The summed E-state index contributed by atoms with van der Waals surface area (Å²) in [6.45, 7) is 3.69. The van der Waals surface area contributed by atoms with E-state index in [9.17, 15) is 4.39 Å². The van der Waals surface area contributed by atoms with E-state index >= 15 is 0 Å². The van der Waals surface area contributed by atoms with Crippen LogP contribution in [0.3, 0.4) is 0 Å². The van der Waals surface area contributed by atoms with Crippen LogP contribution in [0, 0.1) is 5.82 Å². The van der Waals surface area contributed by atoms with Crippen molar-refractivity contribution in [2.45, 2.75) is 6.10 Å². The Morgan fingerprint density at radius 3 is 2.37 bits per heavy atom. The standard InChI is InChI=1S/C16H14FNO/c1-2-16(14-8-10-15(17)11-9-14)19-18-12-13-6-4-3-5-7-13/h2-12,16H,1H2/b18-12+/t16-/m0/s1. The van der Waals surface area contributed by atoms with E-state index < -0.39 is 0 Å². The Balaban J connectivity index is 2.02. The molecule has 1 atom stereocenters. The first-order valence-electron chi connectivity index (χ1n) is 5.92. The quantitative estimate of drug-likeness (QED) is 0.447. The average molecular weight is 255 g/mol. The van der Waals surface area contributed by atoms with E-state index in [-0.39, 0.29) is 11.9 Å². The smallest absolute Gasteiger partial charge is 0.170 e. The van der Waals surface area contributed by atoms with Gasteiger partial charge in [-0.1, -0.05) is 54.2 Å². The summed E-state index contributed by atoms with van der Waals surface area (Å²) in [4.78, 5) is 5.35. The fraction of sp³-hybridized carbons (Fsp3) is 0.0625. The first-order valence-corrected chi connectivity index (χ1v) is 5.92. The predicted molar refractivity (Wildman–Crippen MR) is 74.5 cm³/mol. The molecular formula is C16H14FNO. The Kier molecular flexibility index (Phi) is 4.45. The van der Waals surface area contributed by atoms with Gasteiger partial charge in [-0.25, -0.2) is 4.39 Å². The Labute approximate surface area is 111 Å². The van der Waals surface area contributed by atoms with E-state index in [0.29, 0.717) is 0 Å². The molecule has 3 heteroatoms. The summed E-state index contributed by atoms with van der Waals surface area (Å²) in [6.07, 6.45) is 2.86. The van der Waals surface area contributed by atoms with E-state index in [1.165, 1.54) is 12.1 Å². The molecule has 2 nitrogen and oxygen atoms in total. The summed E-state index contributed by atoms with van der Waals surface area (Å²) in [5.41, 5.74) is 1.76. The van der Waals surface area contributed by atoms with Crippen LogP contribution in [-0.2, 0) is 4.84 Å². The maximum Gasteiger partial charge on any atom is 0.170 e. The molecule has 0 aromatic heterocycles. The number of rotatable bonds is 5. The van der Waals surface area contributed by atoms with Gasteiger partial charge in [0.05, 0.1) is 6.21 Å². The van der Waals surface area contributed by atoms with Crippen molar-refractivity contribution in [1.82, 2.24) is 0 Å². The number of nitrogens with zero attached hydrogens (tertiary/aromatic N) is 1. The summed E-state index contributed by atoms with van der Waals surface area (Å²) < 4.78 is 12.8. The van der Waals surface area contributed by atoms with Gasteiger partial charge in [0, 0.05) is 0 Å². The summed E-state index contributed by atoms with van der Waals surface area (Å²) >= 11 is 0. The topological polar surface area (TPSA) is 21.6 Å². The second kappa shape index (κ2) is 6.50. The first kappa shape index (κ1) is 13.0. The van der Waals surface area contributed by atoms with Gasteiger partial charge in [-0.3, -0.25) is 0 Å². The second-order valence-corrected chi connectivity index (χ2v) is 3.96. The zero-order valence-electron chi connectivity index (χ0n) is 10.4. The molecule has 0 bridgehead atoms. The van der Waals surface area contributed by atoms with Crippen LogP contribution in [0.15, 0.2) is 72.4 Å². The zero-order chi connectivity index (χ0) is 13.5. The van der Waals surface area contributed by atoms with E-state index in [1.807, 2.05) is 30.3 Å². The van der Waals surface area contributed by atoms with Crippen LogP contribution < -0.4 is 0 Å². The van der Waals surface area contributed by atoms with Gasteiger partial charge in [0.2, 0.25) is 0 Å². The van der Waals surface area contributed by atoms with Crippen molar-refractivity contribution < 1.29 is 9.23 Å². The van der Waals surface area contributed by atoms with E-state index in [0.717, 1.165) is 11.1 Å². The molecule has 0 saturated carbocycles. The highest BCUT2D eigenvalue weighted by Crippen LogP contribution is 2.19. The van der Waals surface area contributed by atoms with Crippen LogP contribution in [-0.4, -0.2) is 6.21 Å². The average Bonchev–Trinajstić information content (AvgIpc) is 2.46. The van der Waals surface area contributed by atoms with Crippen molar-refractivity contribution in [2.75, 3.05) is 0 Å². The molecule has 0 amide bonds. The van der Waals surface area contributed by atoms with Gasteiger partial charge >= 0.3 is 0 Å². The molecule has 0 spiro atoms. The van der Waals surface area contributed by atoms with Crippen molar-refractivity contribution >= 4 is 6.21 Å². The number of halogens is 1. The molecule has 0 saturated heterocycles. The highest BCUT2D eigenvalue weighted by molar-refractivity contribution is 5.78. The Morgan fingerprint density at radius 2 is 1.74 bits per heavy atom. The lowest BCUT2D eigenvalue weighted by molar-refractivity contribution is 0.0945. The minimum Gasteiger partial charge on any atom is -0.383 e. The van der Waals surface area contributed by atoms with Crippen molar-refractivity contribution in [1.29, 1.82) is 0 Å². The normalized spacial score (nSPS) is 12.3. The molecule has 0 N–H and O–H groups in total. The summed E-state index contributed by atoms with van der Waals surface area (Å²) in [5.74, 6) is -0.278. The SMILES string of the molecule is C=C[C@H](O/N=C/c1ccccc1)c1ccc(F)cc1. The molecule has 0 aliphatic rings. The van der Waals surface area contributed by atoms with Crippen LogP contribution >= 0.6 is 0 Å². The van der Waals surface area contributed by atoms with Crippen LogP contribution in [0.25, 0.3) is 0 Å². The Morgan fingerprint density at radius 1 is 1.05 bits per heavy atom. The first-order chi connectivity index (χ1) is 9.29. The van der Waals surface area contributed by atoms with Crippen molar-refractivity contribution in [3.05, 3.63) is 84.2 Å². The third-order valence-corrected chi connectivity index (χ3v) is 2.59. The molecule has 0 fully saturated rings. The molecular weight excluding hydrogens is 241 g/mol. The predicted octanol–water partition coefficient (Wildman–Crippen LogP) is 4.10. The molecule has 0 aliphatic carbocycles. The monoisotopic (exact) mass is 255 g/mol. The number of hydrogen-bond acceptors (Lipinski definition) is 2. The molecule has 0 heterocycles. The van der Waals surface area contributed by atoms with Crippen LogP contribution in [0.4, 0.5) is 4.39 Å². The zero-order valence-corrected chi connectivity index (χ0v) is 10.4.